The second-order valence-electron chi connectivity index (χ2n) is 4.25. The number of piperidine rings is 1. The summed E-state index contributed by atoms with van der Waals surface area (Å²) in [7, 11) is 3.18. The number of nitrogens with one attached hydrogen (secondary N) is 2. The van der Waals surface area contributed by atoms with Crippen LogP contribution in [0.2, 0.25) is 0 Å². The van der Waals surface area contributed by atoms with Gasteiger partial charge in [-0.3, -0.25) is 10.3 Å². The maximum absolute atomic E-state index is 5.86. The Kier molecular flexibility index (Phi) is 16.6. The molecule has 1 rings (SSSR count). The molecule has 8 N–H and O–H groups in total. The van der Waals surface area contributed by atoms with Crippen LogP contribution in [0.15, 0.2) is 0 Å². The van der Waals surface area contributed by atoms with Crippen molar-refractivity contribution in [1.82, 2.24) is 10.4 Å². The maximum atomic E-state index is 5.86. The van der Waals surface area contributed by atoms with Gasteiger partial charge < -0.3 is 22.0 Å². The summed E-state index contributed by atoms with van der Waals surface area (Å²) in [6.45, 7) is 5.26. The lowest BCUT2D eigenvalue weighted by atomic mass is 10.00. The van der Waals surface area contributed by atoms with E-state index in [0.717, 1.165) is 32.4 Å². The Hall–Kier alpha value is -0.730. The number of hydrogen-bond donors (Lipinski definition) is 5. The molecule has 0 aromatic heterocycles. The zero-order chi connectivity index (χ0) is 15.1. The predicted octanol–water partition coefficient (Wildman–Crippen LogP) is -0.534. The summed E-state index contributed by atoms with van der Waals surface area (Å²) < 4.78 is 0. The molecule has 0 spiro atoms. The molecule has 7 nitrogen and oxygen atoms in total. The molecule has 7 heteroatoms. The summed E-state index contributed by atoms with van der Waals surface area (Å²) in [5.74, 6) is 0. The van der Waals surface area contributed by atoms with Gasteiger partial charge in [0.15, 0.2) is 0 Å². The van der Waals surface area contributed by atoms with Crippen LogP contribution in [0.5, 0.6) is 0 Å². The lowest BCUT2D eigenvalue weighted by Gasteiger charge is -2.37. The smallest absolute Gasteiger partial charge is 0.0765 e. The quantitative estimate of drug-likeness (QED) is 0.261. The van der Waals surface area contributed by atoms with Crippen LogP contribution in [0, 0.1) is 5.41 Å². The molecule has 1 aliphatic rings. The second-order valence-corrected chi connectivity index (χ2v) is 4.25. The van der Waals surface area contributed by atoms with Gasteiger partial charge in [-0.05, 0) is 46.3 Å². The number of nitrogens with two attached hydrogens (primary N) is 3. The summed E-state index contributed by atoms with van der Waals surface area (Å²) in [6.07, 6.45) is 4.28. The molecule has 0 amide bonds. The molecular formula is C12H32N6O. The Morgan fingerprint density at radius 1 is 1.42 bits per heavy atom. The van der Waals surface area contributed by atoms with Gasteiger partial charge in [0.25, 0.3) is 0 Å². The third kappa shape index (κ3) is 10.8. The maximum Gasteiger partial charge on any atom is 0.0765 e. The van der Waals surface area contributed by atoms with Crippen LogP contribution in [0.4, 0.5) is 0 Å². The first-order valence-electron chi connectivity index (χ1n) is 6.70. The number of rotatable bonds is 5. The van der Waals surface area contributed by atoms with E-state index in [2.05, 4.69) is 28.8 Å². The van der Waals surface area contributed by atoms with Crippen molar-refractivity contribution < 1.29 is 4.84 Å². The van der Waals surface area contributed by atoms with E-state index in [-0.39, 0.29) is 0 Å². The zero-order valence-electron chi connectivity index (χ0n) is 12.6. The van der Waals surface area contributed by atoms with Crippen LogP contribution in [0.25, 0.3) is 0 Å². The topological polar surface area (TPSA) is 126 Å². The Bertz CT molecular complexity index is 193. The predicted molar refractivity (Wildman–Crippen MR) is 81.0 cm³/mol. The number of hydrogen-bond acceptors (Lipinski definition) is 6. The molecule has 0 aliphatic carbocycles. The highest BCUT2D eigenvalue weighted by molar-refractivity contribution is 5.46. The van der Waals surface area contributed by atoms with Gasteiger partial charge in [-0.15, -0.1) is 0 Å². The van der Waals surface area contributed by atoms with Crippen LogP contribution >= 0.6 is 0 Å². The minimum atomic E-state index is 0.481. The molecule has 1 heterocycles. The third-order valence-electron chi connectivity index (χ3n) is 2.95. The molecule has 116 valence electrons. The SMILES string of the molecule is CN.CONC1CC[C@@H](C)N(CCCN)C1.N=CN. The minimum Gasteiger partial charge on any atom is -0.390 e. The van der Waals surface area contributed by atoms with E-state index in [1.807, 2.05) is 0 Å². The Morgan fingerprint density at radius 2 is 2.00 bits per heavy atom. The van der Waals surface area contributed by atoms with Gasteiger partial charge >= 0.3 is 0 Å². The average Bonchev–Trinajstić information content (AvgIpc) is 2.43. The van der Waals surface area contributed by atoms with Gasteiger partial charge in [0.05, 0.1) is 13.4 Å². The molecule has 0 radical (unpaired) electrons. The number of hydroxylamine groups is 1. The van der Waals surface area contributed by atoms with Crippen LogP contribution < -0.4 is 22.7 Å². The van der Waals surface area contributed by atoms with E-state index >= 15 is 0 Å². The van der Waals surface area contributed by atoms with E-state index in [9.17, 15) is 0 Å². The molecule has 1 fully saturated rings. The normalized spacial score (nSPS) is 22.6. The monoisotopic (exact) mass is 276 g/mol. The minimum absolute atomic E-state index is 0.481. The van der Waals surface area contributed by atoms with Gasteiger partial charge in [0.1, 0.15) is 0 Å². The summed E-state index contributed by atoms with van der Waals surface area (Å²) in [5, 5.41) is 5.86. The van der Waals surface area contributed by atoms with Gasteiger partial charge in [-0.25, -0.2) is 0 Å². The van der Waals surface area contributed by atoms with Gasteiger partial charge in [0, 0.05) is 18.6 Å². The second kappa shape index (κ2) is 15.3. The lowest BCUT2D eigenvalue weighted by molar-refractivity contribution is 0.0186. The summed E-state index contributed by atoms with van der Waals surface area (Å²) in [5.41, 5.74) is 17.4. The third-order valence-corrected chi connectivity index (χ3v) is 2.95. The van der Waals surface area contributed by atoms with Crippen molar-refractivity contribution in [2.75, 3.05) is 33.8 Å². The molecule has 19 heavy (non-hydrogen) atoms. The van der Waals surface area contributed by atoms with Crippen molar-refractivity contribution in [1.29, 1.82) is 5.41 Å². The highest BCUT2D eigenvalue weighted by atomic mass is 16.6. The molecule has 0 bridgehead atoms. The first-order chi connectivity index (χ1) is 9.19. The largest absolute Gasteiger partial charge is 0.390 e. The highest BCUT2D eigenvalue weighted by Crippen LogP contribution is 2.16. The van der Waals surface area contributed by atoms with Crippen LogP contribution in [-0.2, 0) is 4.84 Å². The summed E-state index contributed by atoms with van der Waals surface area (Å²) >= 11 is 0. The fraction of sp³-hybridized carbons (Fsp3) is 0.917. The highest BCUT2D eigenvalue weighted by Gasteiger charge is 2.24. The molecule has 0 aromatic rings. The van der Waals surface area contributed by atoms with Crippen molar-refractivity contribution in [3.63, 3.8) is 0 Å². The zero-order valence-corrected chi connectivity index (χ0v) is 12.6. The first-order valence-corrected chi connectivity index (χ1v) is 6.70. The van der Waals surface area contributed by atoms with Gasteiger partial charge in [-0.2, -0.15) is 5.48 Å². The summed E-state index contributed by atoms with van der Waals surface area (Å²) in [4.78, 5) is 7.46. The van der Waals surface area contributed by atoms with E-state index in [0.29, 0.717) is 12.1 Å². The number of likely N-dealkylation sites (tertiary alicyclic amines) is 1. The average molecular weight is 276 g/mol. The molecule has 1 saturated heterocycles. The van der Waals surface area contributed by atoms with Crippen molar-refractivity contribution >= 4 is 6.34 Å². The number of nitrogens with zero attached hydrogens (tertiary/aromatic N) is 1. The molecule has 0 saturated carbocycles. The molecule has 0 aromatic carbocycles. The van der Waals surface area contributed by atoms with Crippen molar-refractivity contribution in [2.45, 2.75) is 38.3 Å². The van der Waals surface area contributed by atoms with Gasteiger partial charge in [-0.1, -0.05) is 0 Å². The standard InChI is InChI=1S/C10H23N3O.CH4N2.CH5N/c1-9-4-5-10(12-14-2)8-13(9)7-3-6-11;2-1-3;1-2/h9-10,12H,3-8,11H2,1-2H3;1H,(H3,2,3);2H2,1H3/t9-,10?;;/m1../s1. The van der Waals surface area contributed by atoms with E-state index in [4.69, 9.17) is 16.0 Å². The van der Waals surface area contributed by atoms with Gasteiger partial charge in [0.2, 0.25) is 0 Å². The summed E-state index contributed by atoms with van der Waals surface area (Å²) in [6, 6.07) is 1.17. The fourth-order valence-corrected chi connectivity index (χ4v) is 2.05. The van der Waals surface area contributed by atoms with Crippen LogP contribution in [-0.4, -0.2) is 57.1 Å². The van der Waals surface area contributed by atoms with Crippen molar-refractivity contribution in [3.05, 3.63) is 0 Å². The molecular weight excluding hydrogens is 244 g/mol. The van der Waals surface area contributed by atoms with Crippen molar-refractivity contribution in [2.24, 2.45) is 17.2 Å². The van der Waals surface area contributed by atoms with Crippen LogP contribution in [0.1, 0.15) is 26.2 Å². The molecule has 2 atom stereocenters. The van der Waals surface area contributed by atoms with Crippen LogP contribution in [0.3, 0.4) is 0 Å². The lowest BCUT2D eigenvalue weighted by Crippen LogP contribution is -2.49. The molecule has 1 unspecified atom stereocenters. The van der Waals surface area contributed by atoms with E-state index in [1.165, 1.54) is 19.9 Å². The first kappa shape index (κ1) is 20.6. The van der Waals surface area contributed by atoms with E-state index < -0.39 is 0 Å². The Labute approximate surface area is 117 Å². The fourth-order valence-electron chi connectivity index (χ4n) is 2.05. The Morgan fingerprint density at radius 3 is 2.47 bits per heavy atom. The Balaban J connectivity index is 0. The van der Waals surface area contributed by atoms with E-state index in [1.54, 1.807) is 7.11 Å². The van der Waals surface area contributed by atoms with Crippen molar-refractivity contribution in [3.8, 4) is 0 Å². The molecule has 1 aliphatic heterocycles.